The van der Waals surface area contributed by atoms with Crippen molar-refractivity contribution in [1.82, 2.24) is 4.90 Å². The second-order valence-corrected chi connectivity index (χ2v) is 6.66. The van der Waals surface area contributed by atoms with Crippen LogP contribution in [0, 0.1) is 0 Å². The average Bonchev–Trinajstić information content (AvgIpc) is 2.40. The summed E-state index contributed by atoms with van der Waals surface area (Å²) in [5.41, 5.74) is 1.94. The fraction of sp³-hybridized carbons (Fsp3) is 0.143. The summed E-state index contributed by atoms with van der Waals surface area (Å²) < 4.78 is 23.5. The predicted molar refractivity (Wildman–Crippen MR) is 75.5 cm³/mol. The first-order valence-electron chi connectivity index (χ1n) is 6.09. The Hall–Kier alpha value is -2.21. The SMILES string of the molecule is O=S1(=O)C=C2C(c3ccc(O)c(O)c3)=CC=CN2CC1. The summed E-state index contributed by atoms with van der Waals surface area (Å²) in [7, 11) is -3.20. The summed E-state index contributed by atoms with van der Waals surface area (Å²) in [4.78, 5) is 1.86. The molecule has 1 aromatic carbocycles. The highest BCUT2D eigenvalue weighted by Crippen LogP contribution is 2.35. The lowest BCUT2D eigenvalue weighted by molar-refractivity contribution is 0.403. The third-order valence-electron chi connectivity index (χ3n) is 3.31. The van der Waals surface area contributed by atoms with Crippen molar-refractivity contribution in [3.8, 4) is 11.5 Å². The standard InChI is InChI=1S/C14H13NO4S/c16-13-4-3-10(8-14(13)17)11-2-1-5-15-6-7-20(18,19)9-12(11)15/h1-5,8-9,16-17H,6-7H2. The van der Waals surface area contributed by atoms with E-state index in [-0.39, 0.29) is 17.3 Å². The van der Waals surface area contributed by atoms with Crippen LogP contribution < -0.4 is 0 Å². The van der Waals surface area contributed by atoms with E-state index in [1.807, 2.05) is 17.2 Å². The Morgan fingerprint density at radius 3 is 2.70 bits per heavy atom. The highest BCUT2D eigenvalue weighted by Gasteiger charge is 2.25. The molecule has 0 radical (unpaired) electrons. The average molecular weight is 291 g/mol. The molecule has 0 bridgehead atoms. The number of nitrogens with zero attached hydrogens (tertiary/aromatic N) is 1. The van der Waals surface area contributed by atoms with Crippen LogP contribution in [0.2, 0.25) is 0 Å². The van der Waals surface area contributed by atoms with Crippen LogP contribution in [-0.2, 0) is 9.84 Å². The van der Waals surface area contributed by atoms with E-state index in [9.17, 15) is 18.6 Å². The Bertz CT molecular complexity index is 759. The molecule has 0 amide bonds. The van der Waals surface area contributed by atoms with E-state index in [1.54, 1.807) is 12.1 Å². The summed E-state index contributed by atoms with van der Waals surface area (Å²) in [6, 6.07) is 4.44. The van der Waals surface area contributed by atoms with Gasteiger partial charge >= 0.3 is 0 Å². The maximum atomic E-state index is 11.8. The minimum Gasteiger partial charge on any atom is -0.504 e. The van der Waals surface area contributed by atoms with Gasteiger partial charge in [0, 0.05) is 18.3 Å². The Morgan fingerprint density at radius 1 is 1.15 bits per heavy atom. The van der Waals surface area contributed by atoms with E-state index in [0.29, 0.717) is 23.4 Å². The second-order valence-electron chi connectivity index (χ2n) is 4.69. The Labute approximate surface area is 116 Å². The number of hydrogen-bond acceptors (Lipinski definition) is 5. The normalized spacial score (nSPS) is 20.1. The summed E-state index contributed by atoms with van der Waals surface area (Å²) in [5, 5.41) is 20.2. The second kappa shape index (κ2) is 4.42. The molecule has 0 spiro atoms. The summed E-state index contributed by atoms with van der Waals surface area (Å²) in [6.45, 7) is 0.409. The zero-order valence-electron chi connectivity index (χ0n) is 10.5. The van der Waals surface area contributed by atoms with Gasteiger partial charge in [-0.1, -0.05) is 12.1 Å². The molecular weight excluding hydrogens is 278 g/mol. The van der Waals surface area contributed by atoms with Crippen LogP contribution in [0.5, 0.6) is 11.5 Å². The Morgan fingerprint density at radius 2 is 1.95 bits per heavy atom. The van der Waals surface area contributed by atoms with Crippen molar-refractivity contribution in [2.45, 2.75) is 0 Å². The van der Waals surface area contributed by atoms with Crippen LogP contribution in [0.1, 0.15) is 5.56 Å². The number of sulfone groups is 1. The highest BCUT2D eigenvalue weighted by molar-refractivity contribution is 7.94. The van der Waals surface area contributed by atoms with Crippen molar-refractivity contribution in [1.29, 1.82) is 0 Å². The van der Waals surface area contributed by atoms with E-state index < -0.39 is 9.84 Å². The van der Waals surface area contributed by atoms with E-state index in [1.165, 1.54) is 17.5 Å². The van der Waals surface area contributed by atoms with Crippen LogP contribution in [0.3, 0.4) is 0 Å². The van der Waals surface area contributed by atoms with Gasteiger partial charge in [-0.3, -0.25) is 0 Å². The quantitative estimate of drug-likeness (QED) is 0.768. The number of hydrogen-bond donors (Lipinski definition) is 2. The third kappa shape index (κ3) is 2.18. The van der Waals surface area contributed by atoms with Gasteiger partial charge in [0.05, 0.1) is 16.9 Å². The molecule has 5 nitrogen and oxygen atoms in total. The van der Waals surface area contributed by atoms with Gasteiger partial charge in [-0.25, -0.2) is 8.42 Å². The molecule has 1 aromatic rings. The van der Waals surface area contributed by atoms with Crippen molar-refractivity contribution in [2.24, 2.45) is 0 Å². The van der Waals surface area contributed by atoms with Crippen molar-refractivity contribution in [2.75, 3.05) is 12.3 Å². The molecule has 0 aromatic heterocycles. The van der Waals surface area contributed by atoms with E-state index in [2.05, 4.69) is 0 Å². The molecule has 2 aliphatic rings. The smallest absolute Gasteiger partial charge is 0.175 e. The fourth-order valence-corrected chi connectivity index (χ4v) is 3.45. The molecule has 0 aliphatic carbocycles. The molecule has 0 saturated carbocycles. The summed E-state index contributed by atoms with van der Waals surface area (Å²) >= 11 is 0. The molecular formula is C14H13NO4S. The van der Waals surface area contributed by atoms with Gasteiger partial charge in [0.2, 0.25) is 0 Å². The van der Waals surface area contributed by atoms with Crippen LogP contribution >= 0.6 is 0 Å². The number of rotatable bonds is 1. The first-order chi connectivity index (χ1) is 9.46. The van der Waals surface area contributed by atoms with Crippen LogP contribution in [0.25, 0.3) is 5.57 Å². The first-order valence-corrected chi connectivity index (χ1v) is 7.80. The van der Waals surface area contributed by atoms with Crippen LogP contribution in [0.4, 0.5) is 0 Å². The number of aromatic hydroxyl groups is 2. The number of phenols is 2. The largest absolute Gasteiger partial charge is 0.504 e. The predicted octanol–water partition coefficient (Wildman–Crippen LogP) is 1.58. The molecule has 104 valence electrons. The lowest BCUT2D eigenvalue weighted by atomic mass is 10.00. The molecule has 2 heterocycles. The number of fused-ring (bicyclic) bond motifs is 1. The number of allylic oxidation sites excluding steroid dienone is 3. The maximum absolute atomic E-state index is 11.8. The van der Waals surface area contributed by atoms with Gasteiger partial charge < -0.3 is 15.1 Å². The third-order valence-corrected chi connectivity index (χ3v) is 4.64. The minimum atomic E-state index is -3.20. The zero-order valence-corrected chi connectivity index (χ0v) is 11.3. The Kier molecular flexibility index (Phi) is 2.83. The van der Waals surface area contributed by atoms with Crippen molar-refractivity contribution in [3.63, 3.8) is 0 Å². The molecule has 20 heavy (non-hydrogen) atoms. The summed E-state index contributed by atoms with van der Waals surface area (Å²) in [5.74, 6) is -0.346. The van der Waals surface area contributed by atoms with Crippen LogP contribution in [-0.4, -0.2) is 35.8 Å². The topological polar surface area (TPSA) is 77.8 Å². The molecule has 2 aliphatic heterocycles. The maximum Gasteiger partial charge on any atom is 0.175 e. The summed E-state index contributed by atoms with van der Waals surface area (Å²) in [6.07, 6.45) is 5.44. The van der Waals surface area contributed by atoms with Gasteiger partial charge in [-0.15, -0.1) is 0 Å². The van der Waals surface area contributed by atoms with Gasteiger partial charge in [0.1, 0.15) is 0 Å². The molecule has 0 fully saturated rings. The molecule has 3 rings (SSSR count). The number of phenolic OH excluding ortho intramolecular Hbond substituents is 2. The molecule has 0 saturated heterocycles. The zero-order chi connectivity index (χ0) is 14.3. The van der Waals surface area contributed by atoms with Gasteiger partial charge in [0.25, 0.3) is 0 Å². The first kappa shape index (κ1) is 12.8. The lowest BCUT2D eigenvalue weighted by Gasteiger charge is -2.31. The monoisotopic (exact) mass is 291 g/mol. The van der Waals surface area contributed by atoms with E-state index in [4.69, 9.17) is 0 Å². The minimum absolute atomic E-state index is 0.0922. The fourth-order valence-electron chi connectivity index (χ4n) is 2.28. The van der Waals surface area contributed by atoms with Crippen LogP contribution in [0.15, 0.2) is 47.7 Å². The molecule has 0 unspecified atom stereocenters. The Balaban J connectivity index is 2.12. The number of benzene rings is 1. The van der Waals surface area contributed by atoms with E-state index >= 15 is 0 Å². The van der Waals surface area contributed by atoms with Gasteiger partial charge in [-0.05, 0) is 23.8 Å². The van der Waals surface area contributed by atoms with Crippen molar-refractivity contribution < 1.29 is 18.6 Å². The van der Waals surface area contributed by atoms with Crippen molar-refractivity contribution >= 4 is 15.4 Å². The molecule has 0 atom stereocenters. The molecule has 2 N–H and O–H groups in total. The lowest BCUT2D eigenvalue weighted by Crippen LogP contribution is -2.30. The highest BCUT2D eigenvalue weighted by atomic mass is 32.2. The van der Waals surface area contributed by atoms with E-state index in [0.717, 1.165) is 0 Å². The van der Waals surface area contributed by atoms with Crippen molar-refractivity contribution in [3.05, 3.63) is 53.2 Å². The molecule has 6 heteroatoms. The van der Waals surface area contributed by atoms with Gasteiger partial charge in [-0.2, -0.15) is 0 Å². The van der Waals surface area contributed by atoms with Gasteiger partial charge in [0.15, 0.2) is 21.3 Å².